The molecule has 0 spiro atoms. The summed E-state index contributed by atoms with van der Waals surface area (Å²) in [5.74, 6) is 0. The molecule has 0 N–H and O–H groups in total. The molecule has 0 nitrogen and oxygen atoms in total. The molecule has 1 aromatic rings. The van der Waals surface area contributed by atoms with Crippen LogP contribution in [0.2, 0.25) is 0 Å². The van der Waals surface area contributed by atoms with E-state index in [9.17, 15) is 0 Å². The van der Waals surface area contributed by atoms with Gasteiger partial charge in [-0.25, -0.2) is 0 Å². The highest BCUT2D eigenvalue weighted by Crippen LogP contribution is 2.41. The quantitative estimate of drug-likeness (QED) is 0.635. The van der Waals surface area contributed by atoms with E-state index in [4.69, 9.17) is 0 Å². The van der Waals surface area contributed by atoms with E-state index in [1.54, 1.807) is 26.0 Å². The molecule has 1 unspecified atom stereocenters. The number of rotatable bonds is 2. The van der Waals surface area contributed by atoms with Gasteiger partial charge in [-0.2, -0.15) is 0 Å². The molecule has 0 saturated heterocycles. The van der Waals surface area contributed by atoms with Crippen LogP contribution in [-0.2, 0) is 6.42 Å². The first-order valence-corrected chi connectivity index (χ1v) is 7.54. The minimum atomic E-state index is 1.11. The lowest BCUT2D eigenvalue weighted by Gasteiger charge is -1.91. The van der Waals surface area contributed by atoms with Gasteiger partial charge in [0.2, 0.25) is 0 Å². The lowest BCUT2D eigenvalue weighted by molar-refractivity contribution is 0.936. The first-order chi connectivity index (χ1) is 4.34. The van der Waals surface area contributed by atoms with Gasteiger partial charge >= 0.3 is 0 Å². The Morgan fingerprint density at radius 1 is 1.56 bits per heavy atom. The molecule has 0 radical (unpaired) electrons. The maximum atomic E-state index is 2.29. The minimum Gasteiger partial charge on any atom is -0.102 e. The second kappa shape index (κ2) is 3.72. The molecule has 1 aromatic heterocycles. The summed E-state index contributed by atoms with van der Waals surface area (Å²) in [4.78, 5) is 0. The van der Waals surface area contributed by atoms with Crippen molar-refractivity contribution in [3.05, 3.63) is 10.6 Å². The molecule has 0 aromatic carbocycles. The molecular weight excluding hydrogens is 165 g/mol. The van der Waals surface area contributed by atoms with E-state index in [0.717, 1.165) is 7.87 Å². The van der Waals surface area contributed by atoms with Gasteiger partial charge in [0.15, 0.2) is 0 Å². The van der Waals surface area contributed by atoms with Crippen molar-refractivity contribution in [2.75, 3.05) is 0 Å². The van der Waals surface area contributed by atoms with E-state index in [0.29, 0.717) is 0 Å². The molecule has 1 rings (SSSR count). The van der Waals surface area contributed by atoms with Crippen LogP contribution < -0.4 is 0 Å². The summed E-state index contributed by atoms with van der Waals surface area (Å²) in [7, 11) is 4.34. The highest BCUT2D eigenvalue weighted by molar-refractivity contribution is 8.17. The van der Waals surface area contributed by atoms with Crippen molar-refractivity contribution in [1.29, 1.82) is 0 Å². The van der Waals surface area contributed by atoms with Gasteiger partial charge in [0.25, 0.3) is 0 Å². The van der Waals surface area contributed by atoms with Crippen LogP contribution >= 0.6 is 23.3 Å². The van der Waals surface area contributed by atoms with E-state index in [2.05, 4.69) is 13.8 Å². The fraction of sp³-hybridized carbons (Fsp3) is 0.667. The van der Waals surface area contributed by atoms with Crippen LogP contribution in [0.3, 0.4) is 0 Å². The Balaban J connectivity index is 2.69. The number of hydrogen-bond acceptors (Lipinski definition) is 0. The maximum absolute atomic E-state index is 2.29. The molecule has 9 heavy (non-hydrogen) atoms. The highest BCUT2D eigenvalue weighted by atomic mass is 32.1. The SMILES string of the molecule is CCCc1pp[pH]c1C. The topological polar surface area (TPSA) is 0 Å². The normalized spacial score (nSPS) is 12.7. The number of aryl methyl sites for hydroxylation is 2. The Kier molecular flexibility index (Phi) is 3.20. The Hall–Kier alpha value is 0.640. The minimum absolute atomic E-state index is 1.11. The molecule has 0 fully saturated rings. The molecular formula is C6H11P3. The first kappa shape index (κ1) is 7.74. The summed E-state index contributed by atoms with van der Waals surface area (Å²) in [6, 6.07) is 0. The van der Waals surface area contributed by atoms with Gasteiger partial charge in [-0.05, 0) is 39.4 Å². The van der Waals surface area contributed by atoms with Gasteiger partial charge in [-0.1, -0.05) is 13.3 Å². The third kappa shape index (κ3) is 2.05. The number of hydrogen-bond donors (Lipinski definition) is 0. The van der Waals surface area contributed by atoms with E-state index >= 15 is 0 Å². The molecule has 0 bridgehead atoms. The van der Waals surface area contributed by atoms with Crippen molar-refractivity contribution in [3.63, 3.8) is 0 Å². The van der Waals surface area contributed by atoms with Crippen molar-refractivity contribution in [2.24, 2.45) is 0 Å². The predicted octanol–water partition coefficient (Wildman–Crippen LogP) is 4.14. The van der Waals surface area contributed by atoms with Crippen LogP contribution in [0.4, 0.5) is 0 Å². The molecule has 0 aliphatic carbocycles. The second-order valence-corrected chi connectivity index (χ2v) is 7.72. The van der Waals surface area contributed by atoms with E-state index in [1.807, 2.05) is 0 Å². The summed E-state index contributed by atoms with van der Waals surface area (Å²) >= 11 is 0. The maximum Gasteiger partial charge on any atom is -0.00884 e. The molecule has 0 aliphatic heterocycles. The fourth-order valence-electron chi connectivity index (χ4n) is 0.774. The first-order valence-electron chi connectivity index (χ1n) is 3.21. The molecule has 0 saturated carbocycles. The van der Waals surface area contributed by atoms with Crippen LogP contribution in [0.15, 0.2) is 0 Å². The van der Waals surface area contributed by atoms with Gasteiger partial charge in [0.1, 0.15) is 0 Å². The molecule has 1 atom stereocenters. The Labute approximate surface area is 61.2 Å². The molecule has 3 heteroatoms. The largest absolute Gasteiger partial charge is 0.102 e. The Morgan fingerprint density at radius 2 is 2.33 bits per heavy atom. The van der Waals surface area contributed by atoms with Gasteiger partial charge in [-0.3, -0.25) is 0 Å². The van der Waals surface area contributed by atoms with Gasteiger partial charge < -0.3 is 0 Å². The molecule has 1 heterocycles. The van der Waals surface area contributed by atoms with Crippen molar-refractivity contribution in [2.45, 2.75) is 26.7 Å². The standard InChI is InChI=1S/C6H11P3/c1-3-4-6-5(2)7-9-8-6/h7H,3-4H2,1-2H3. The predicted molar refractivity (Wildman–Crippen MR) is 49.7 cm³/mol. The third-order valence-electron chi connectivity index (χ3n) is 1.31. The zero-order valence-electron chi connectivity index (χ0n) is 5.81. The van der Waals surface area contributed by atoms with Gasteiger partial charge in [0.05, 0.1) is 0 Å². The van der Waals surface area contributed by atoms with Crippen LogP contribution in [0.1, 0.15) is 23.9 Å². The summed E-state index contributed by atoms with van der Waals surface area (Å²) in [6.07, 6.45) is 2.66. The Morgan fingerprint density at radius 3 is 2.78 bits per heavy atom. The van der Waals surface area contributed by atoms with Crippen molar-refractivity contribution < 1.29 is 0 Å². The summed E-state index contributed by atoms with van der Waals surface area (Å²) in [5.41, 5.74) is 0. The van der Waals surface area contributed by atoms with Crippen LogP contribution in [0, 0.1) is 6.92 Å². The van der Waals surface area contributed by atoms with Crippen LogP contribution in [-0.4, -0.2) is 0 Å². The summed E-state index contributed by atoms with van der Waals surface area (Å²) < 4.78 is 0. The van der Waals surface area contributed by atoms with E-state index in [1.165, 1.54) is 12.8 Å². The van der Waals surface area contributed by atoms with E-state index in [-0.39, 0.29) is 0 Å². The zero-order chi connectivity index (χ0) is 6.69. The Bertz CT molecular complexity index is 180. The van der Waals surface area contributed by atoms with Crippen molar-refractivity contribution in [3.8, 4) is 0 Å². The third-order valence-corrected chi connectivity index (χ3v) is 7.29. The lowest BCUT2D eigenvalue weighted by atomic mass is 10.3. The molecule has 0 aliphatic rings. The second-order valence-electron chi connectivity index (χ2n) is 2.13. The van der Waals surface area contributed by atoms with Crippen LogP contribution in [0.5, 0.6) is 0 Å². The van der Waals surface area contributed by atoms with Crippen molar-refractivity contribution >= 4 is 23.3 Å². The fourth-order valence-corrected chi connectivity index (χ4v) is 7.71. The summed E-state index contributed by atoms with van der Waals surface area (Å²) in [5, 5.41) is 3.40. The molecule has 50 valence electrons. The average Bonchev–Trinajstić information content (AvgIpc) is 2.18. The molecule has 0 amide bonds. The van der Waals surface area contributed by atoms with E-state index < -0.39 is 0 Å². The van der Waals surface area contributed by atoms with Gasteiger partial charge in [0, 0.05) is 0 Å². The summed E-state index contributed by atoms with van der Waals surface area (Å²) in [6.45, 7) is 4.55. The highest BCUT2D eigenvalue weighted by Gasteiger charge is 1.95. The lowest BCUT2D eigenvalue weighted by Crippen LogP contribution is -1.75. The average molecular weight is 176 g/mol. The monoisotopic (exact) mass is 176 g/mol. The smallest absolute Gasteiger partial charge is 0.00884 e. The zero-order valence-corrected chi connectivity index (χ0v) is 8.60. The van der Waals surface area contributed by atoms with Gasteiger partial charge in [-0.15, -0.1) is 7.87 Å². The van der Waals surface area contributed by atoms with Crippen molar-refractivity contribution in [1.82, 2.24) is 0 Å². The van der Waals surface area contributed by atoms with Crippen LogP contribution in [0.25, 0.3) is 0 Å².